The highest BCUT2D eigenvalue weighted by atomic mass is 35.5. The Morgan fingerprint density at radius 3 is 2.17 bits per heavy atom. The minimum atomic E-state index is -3.47. The lowest BCUT2D eigenvalue weighted by molar-refractivity contribution is -0.159. The second-order valence-corrected chi connectivity index (χ2v) is 10.2. The number of halogens is 1. The molecular formula is C23H27ClN2O9S. The summed E-state index contributed by atoms with van der Waals surface area (Å²) in [4.78, 5) is 18.5. The van der Waals surface area contributed by atoms with Gasteiger partial charge in [-0.2, -0.15) is 4.31 Å². The molecule has 2 aliphatic heterocycles. The molecule has 1 saturated heterocycles. The summed E-state index contributed by atoms with van der Waals surface area (Å²) in [7, 11) is -3.47. The minimum Gasteiger partial charge on any atom is -0.489 e. The summed E-state index contributed by atoms with van der Waals surface area (Å²) in [6, 6.07) is 10.8. The van der Waals surface area contributed by atoms with E-state index in [1.165, 1.54) is 4.31 Å². The smallest absolute Gasteiger partial charge is 0.414 e. The number of nitrogens with one attached hydrogen (secondary N) is 1. The van der Waals surface area contributed by atoms with Crippen LogP contribution in [0, 0.1) is 0 Å². The van der Waals surface area contributed by atoms with Crippen LogP contribution in [0.25, 0.3) is 0 Å². The van der Waals surface area contributed by atoms with Crippen LogP contribution in [-0.4, -0.2) is 74.4 Å². The molecule has 2 aromatic carbocycles. The number of sulfonamides is 1. The monoisotopic (exact) mass is 542 g/mol. The van der Waals surface area contributed by atoms with Crippen LogP contribution >= 0.6 is 11.6 Å². The van der Waals surface area contributed by atoms with Crippen molar-refractivity contribution in [3.05, 3.63) is 52.5 Å². The van der Waals surface area contributed by atoms with Crippen LogP contribution in [-0.2, 0) is 37.4 Å². The zero-order chi connectivity index (χ0) is 26.1. The lowest BCUT2D eigenvalue weighted by Gasteiger charge is -2.26. The van der Waals surface area contributed by atoms with Gasteiger partial charge in [0.05, 0.1) is 36.3 Å². The van der Waals surface area contributed by atoms with Crippen LogP contribution in [0.2, 0.25) is 5.02 Å². The van der Waals surface area contributed by atoms with E-state index in [4.69, 9.17) is 45.6 Å². The van der Waals surface area contributed by atoms with Crippen LogP contribution in [0.3, 0.4) is 0 Å². The predicted octanol–water partition coefficient (Wildman–Crippen LogP) is 1.97. The molecular weight excluding hydrogens is 516 g/mol. The molecule has 196 valence electrons. The largest absolute Gasteiger partial charge is 0.489 e. The number of carbonyl (C=O) groups is 2. The summed E-state index contributed by atoms with van der Waals surface area (Å²) in [5.74, 6) is -2.37. The summed E-state index contributed by atoms with van der Waals surface area (Å²) in [5.41, 5.74) is 1.99. The highest BCUT2D eigenvalue weighted by Crippen LogP contribution is 2.38. The van der Waals surface area contributed by atoms with Gasteiger partial charge >= 0.3 is 11.9 Å². The van der Waals surface area contributed by atoms with Crippen molar-refractivity contribution < 1.29 is 42.4 Å². The number of rotatable bonds is 6. The van der Waals surface area contributed by atoms with Crippen LogP contribution in [0.4, 0.5) is 0 Å². The van der Waals surface area contributed by atoms with Gasteiger partial charge in [-0.25, -0.2) is 18.0 Å². The Kier molecular flexibility index (Phi) is 9.90. The van der Waals surface area contributed by atoms with Crippen molar-refractivity contribution in [2.45, 2.75) is 24.4 Å². The van der Waals surface area contributed by atoms with Crippen molar-refractivity contribution in [2.75, 3.05) is 39.5 Å². The number of carboxylic acid groups (broad SMARTS) is 2. The van der Waals surface area contributed by atoms with E-state index in [9.17, 15) is 8.42 Å². The second-order valence-electron chi connectivity index (χ2n) is 7.83. The number of nitrogens with zero attached hydrogens (tertiary/aromatic N) is 1. The van der Waals surface area contributed by atoms with Gasteiger partial charge in [0.15, 0.2) is 11.5 Å². The minimum absolute atomic E-state index is 0.308. The van der Waals surface area contributed by atoms with E-state index >= 15 is 0 Å². The highest BCUT2D eigenvalue weighted by molar-refractivity contribution is 7.89. The van der Waals surface area contributed by atoms with Crippen molar-refractivity contribution >= 4 is 33.6 Å². The Morgan fingerprint density at radius 2 is 1.53 bits per heavy atom. The molecule has 0 spiro atoms. The predicted molar refractivity (Wildman–Crippen MR) is 129 cm³/mol. The number of ether oxygens (including phenoxy) is 3. The number of aliphatic carboxylic acids is 2. The first-order valence-corrected chi connectivity index (χ1v) is 12.9. The van der Waals surface area contributed by atoms with Gasteiger partial charge in [0, 0.05) is 32.6 Å². The van der Waals surface area contributed by atoms with Crippen LogP contribution in [0.15, 0.2) is 41.3 Å². The van der Waals surface area contributed by atoms with Crippen LogP contribution < -0.4 is 14.8 Å². The molecule has 0 saturated carbocycles. The van der Waals surface area contributed by atoms with E-state index in [0.29, 0.717) is 74.0 Å². The molecule has 0 bridgehead atoms. The quantitative estimate of drug-likeness (QED) is 0.462. The van der Waals surface area contributed by atoms with Crippen molar-refractivity contribution in [1.82, 2.24) is 9.62 Å². The number of carboxylic acids is 2. The first-order valence-electron chi connectivity index (χ1n) is 11.1. The second kappa shape index (κ2) is 12.9. The maximum absolute atomic E-state index is 12.7. The number of hydrogen-bond acceptors (Lipinski definition) is 8. The molecule has 4 rings (SSSR count). The lowest BCUT2D eigenvalue weighted by Crippen LogP contribution is -2.40. The SMILES string of the molecule is O=C(O)C(=O)O.O=S(=O)(c1ccc(CNCc2cc(Cl)c3c(c2)OCCCO3)cc1)N1CCOCC1. The molecule has 2 aromatic rings. The molecule has 3 N–H and O–H groups in total. The summed E-state index contributed by atoms with van der Waals surface area (Å²) in [6.07, 6.45) is 0.829. The van der Waals surface area contributed by atoms with E-state index in [-0.39, 0.29) is 0 Å². The summed E-state index contributed by atoms with van der Waals surface area (Å²) in [6.45, 7) is 4.07. The van der Waals surface area contributed by atoms with Gasteiger partial charge < -0.3 is 29.7 Å². The van der Waals surface area contributed by atoms with E-state index < -0.39 is 22.0 Å². The van der Waals surface area contributed by atoms with E-state index in [1.807, 2.05) is 24.3 Å². The first-order chi connectivity index (χ1) is 17.2. The molecule has 0 radical (unpaired) electrons. The van der Waals surface area contributed by atoms with Gasteiger partial charge in [0.2, 0.25) is 10.0 Å². The van der Waals surface area contributed by atoms with Gasteiger partial charge in [-0.15, -0.1) is 0 Å². The molecule has 0 aliphatic carbocycles. The van der Waals surface area contributed by atoms with Gasteiger partial charge in [0.25, 0.3) is 0 Å². The molecule has 36 heavy (non-hydrogen) atoms. The standard InChI is InChI=1S/C21H25ClN2O5S.C2H2O4/c22-19-12-17(13-20-21(19)29-9-1-8-28-20)15-23-14-16-2-4-18(5-3-16)30(25,26)24-6-10-27-11-7-24;3-1(4)2(5)6/h2-5,12-13,23H,1,6-11,14-15H2;(H,3,4)(H,5,6). The van der Waals surface area contributed by atoms with Crippen molar-refractivity contribution in [3.63, 3.8) is 0 Å². The fourth-order valence-corrected chi connectivity index (χ4v) is 5.15. The Morgan fingerprint density at radius 1 is 0.917 bits per heavy atom. The highest BCUT2D eigenvalue weighted by Gasteiger charge is 2.26. The number of hydrogen-bond donors (Lipinski definition) is 3. The third kappa shape index (κ3) is 7.55. The zero-order valence-corrected chi connectivity index (χ0v) is 20.9. The number of morpholine rings is 1. The Hall–Kier alpha value is -2.90. The average Bonchev–Trinajstić information content (AvgIpc) is 3.11. The van der Waals surface area contributed by atoms with E-state index in [2.05, 4.69) is 5.32 Å². The third-order valence-electron chi connectivity index (χ3n) is 5.23. The van der Waals surface area contributed by atoms with E-state index in [1.54, 1.807) is 12.1 Å². The normalized spacial score (nSPS) is 15.8. The van der Waals surface area contributed by atoms with Gasteiger partial charge in [0.1, 0.15) is 0 Å². The van der Waals surface area contributed by atoms with Crippen molar-refractivity contribution in [1.29, 1.82) is 0 Å². The fourth-order valence-electron chi connectivity index (χ4n) is 3.45. The topological polar surface area (TPSA) is 152 Å². The maximum Gasteiger partial charge on any atom is 0.414 e. The Balaban J connectivity index is 0.000000538. The zero-order valence-electron chi connectivity index (χ0n) is 19.3. The third-order valence-corrected chi connectivity index (χ3v) is 7.43. The van der Waals surface area contributed by atoms with Crippen molar-refractivity contribution in [3.8, 4) is 11.5 Å². The molecule has 0 amide bonds. The first kappa shape index (κ1) is 27.7. The van der Waals surface area contributed by atoms with E-state index in [0.717, 1.165) is 17.5 Å². The molecule has 1 fully saturated rings. The molecule has 0 unspecified atom stereocenters. The summed E-state index contributed by atoms with van der Waals surface area (Å²) in [5, 5.41) is 18.7. The van der Waals surface area contributed by atoms with Gasteiger partial charge in [-0.3, -0.25) is 0 Å². The van der Waals surface area contributed by atoms with Crippen LogP contribution in [0.1, 0.15) is 17.5 Å². The van der Waals surface area contributed by atoms with Gasteiger partial charge in [-0.05, 0) is 35.4 Å². The molecule has 13 heteroatoms. The summed E-state index contributed by atoms with van der Waals surface area (Å²) < 4.78 is 43.5. The lowest BCUT2D eigenvalue weighted by atomic mass is 10.2. The number of fused-ring (bicyclic) bond motifs is 1. The molecule has 11 nitrogen and oxygen atoms in total. The molecule has 2 aliphatic rings. The van der Waals surface area contributed by atoms with Gasteiger partial charge in [-0.1, -0.05) is 23.7 Å². The summed E-state index contributed by atoms with van der Waals surface area (Å²) >= 11 is 6.34. The average molecular weight is 543 g/mol. The van der Waals surface area contributed by atoms with Crippen LogP contribution in [0.5, 0.6) is 11.5 Å². The Labute approximate surface area is 213 Å². The maximum atomic E-state index is 12.7. The molecule has 2 heterocycles. The molecule has 0 aromatic heterocycles. The fraction of sp³-hybridized carbons (Fsp3) is 0.391. The van der Waals surface area contributed by atoms with Crippen molar-refractivity contribution in [2.24, 2.45) is 0 Å². The molecule has 0 atom stereocenters. The Bertz CT molecular complexity index is 1150. The number of benzene rings is 2.